The van der Waals surface area contributed by atoms with Gasteiger partial charge in [-0.2, -0.15) is 0 Å². The molecule has 0 saturated carbocycles. The number of Topliss-reactive ketones (excluding diaryl/α,β-unsaturated/α-hetero) is 2. The predicted octanol–water partition coefficient (Wildman–Crippen LogP) is 1.38. The van der Waals surface area contributed by atoms with E-state index in [0.29, 0.717) is 18.7 Å². The molecule has 134 valence electrons. The average molecular weight is 371 g/mol. The number of primary sulfonamides is 1. The molecular weight excluding hydrogens is 354 g/mol. The Hall–Kier alpha value is -2.68. The van der Waals surface area contributed by atoms with Crippen molar-refractivity contribution in [2.24, 2.45) is 15.9 Å². The van der Waals surface area contributed by atoms with Crippen LogP contribution in [0.3, 0.4) is 0 Å². The monoisotopic (exact) mass is 371 g/mol. The van der Waals surface area contributed by atoms with Crippen LogP contribution < -0.4 is 10.9 Å². The summed E-state index contributed by atoms with van der Waals surface area (Å²) in [6, 6.07) is 11.2. The standard InChI is InChI=1S/C18H17N3O4S/c19-8-7-11-3-1-4-12(9-11)21-14-10-15(22)17-13(18(14)23)5-2-6-16(17)26(20,24)25/h1-6,9H,7-8,10,19H2,(H2,20,24,25). The van der Waals surface area contributed by atoms with Gasteiger partial charge >= 0.3 is 0 Å². The number of nitrogens with zero attached hydrogens (tertiary/aromatic N) is 1. The first-order valence-corrected chi connectivity index (χ1v) is 9.46. The molecule has 3 rings (SSSR count). The highest BCUT2D eigenvalue weighted by molar-refractivity contribution is 7.89. The van der Waals surface area contributed by atoms with E-state index in [1.807, 2.05) is 6.07 Å². The molecule has 0 heterocycles. The number of hydrogen-bond acceptors (Lipinski definition) is 6. The zero-order valence-corrected chi connectivity index (χ0v) is 14.6. The van der Waals surface area contributed by atoms with E-state index in [-0.39, 0.29) is 28.2 Å². The van der Waals surface area contributed by atoms with Crippen LogP contribution in [0, 0.1) is 0 Å². The fourth-order valence-corrected chi connectivity index (χ4v) is 3.69. The Morgan fingerprint density at radius 2 is 1.81 bits per heavy atom. The minimum Gasteiger partial charge on any atom is -0.330 e. The first kappa shape index (κ1) is 18.1. The van der Waals surface area contributed by atoms with Crippen molar-refractivity contribution < 1.29 is 18.0 Å². The number of nitrogens with two attached hydrogens (primary N) is 2. The van der Waals surface area contributed by atoms with Crippen LogP contribution in [0.5, 0.6) is 0 Å². The lowest BCUT2D eigenvalue weighted by Gasteiger charge is -2.18. The SMILES string of the molecule is NCCc1cccc(N=C2CC(=O)c3c(cccc3S(N)(=O)=O)C2=O)c1. The van der Waals surface area contributed by atoms with Crippen molar-refractivity contribution in [3.8, 4) is 0 Å². The summed E-state index contributed by atoms with van der Waals surface area (Å²) >= 11 is 0. The van der Waals surface area contributed by atoms with Gasteiger partial charge in [0, 0.05) is 11.1 Å². The molecule has 0 unspecified atom stereocenters. The van der Waals surface area contributed by atoms with Gasteiger partial charge in [0.15, 0.2) is 5.78 Å². The molecule has 0 fully saturated rings. The lowest BCUT2D eigenvalue weighted by molar-refractivity contribution is 0.0962. The molecule has 0 atom stereocenters. The van der Waals surface area contributed by atoms with Gasteiger partial charge in [-0.05, 0) is 36.7 Å². The predicted molar refractivity (Wildman–Crippen MR) is 97.4 cm³/mol. The minimum atomic E-state index is -4.11. The molecule has 0 aliphatic heterocycles. The van der Waals surface area contributed by atoms with Crippen LogP contribution in [0.15, 0.2) is 52.4 Å². The number of hydrogen-bond donors (Lipinski definition) is 2. The van der Waals surface area contributed by atoms with E-state index in [9.17, 15) is 18.0 Å². The number of ketones is 2. The fraction of sp³-hybridized carbons (Fsp3) is 0.167. The van der Waals surface area contributed by atoms with Gasteiger partial charge in [0.1, 0.15) is 0 Å². The smallest absolute Gasteiger partial charge is 0.238 e. The quantitative estimate of drug-likeness (QED) is 0.837. The van der Waals surface area contributed by atoms with E-state index in [2.05, 4.69) is 4.99 Å². The van der Waals surface area contributed by atoms with Crippen LogP contribution >= 0.6 is 0 Å². The number of sulfonamides is 1. The van der Waals surface area contributed by atoms with E-state index < -0.39 is 21.6 Å². The van der Waals surface area contributed by atoms with Crippen LogP contribution in [-0.2, 0) is 16.4 Å². The summed E-state index contributed by atoms with van der Waals surface area (Å²) in [5.41, 5.74) is 6.97. The summed E-state index contributed by atoms with van der Waals surface area (Å²) in [7, 11) is -4.11. The van der Waals surface area contributed by atoms with Crippen molar-refractivity contribution in [2.45, 2.75) is 17.7 Å². The number of carbonyl (C=O) groups is 2. The number of fused-ring (bicyclic) bond motifs is 1. The lowest BCUT2D eigenvalue weighted by Crippen LogP contribution is -2.30. The first-order chi connectivity index (χ1) is 12.3. The summed E-state index contributed by atoms with van der Waals surface area (Å²) in [4.78, 5) is 29.2. The van der Waals surface area contributed by atoms with Crippen LogP contribution in [0.1, 0.15) is 32.7 Å². The van der Waals surface area contributed by atoms with E-state index in [4.69, 9.17) is 10.9 Å². The van der Waals surface area contributed by atoms with E-state index in [1.54, 1.807) is 18.2 Å². The molecular formula is C18H17N3O4S. The van der Waals surface area contributed by atoms with Crippen molar-refractivity contribution in [3.05, 3.63) is 59.2 Å². The average Bonchev–Trinajstić information content (AvgIpc) is 2.59. The van der Waals surface area contributed by atoms with Gasteiger partial charge in [-0.25, -0.2) is 18.5 Å². The Balaban J connectivity index is 2.07. The lowest BCUT2D eigenvalue weighted by atomic mass is 9.88. The summed E-state index contributed by atoms with van der Waals surface area (Å²) in [6.07, 6.45) is 0.394. The highest BCUT2D eigenvalue weighted by Gasteiger charge is 2.33. The van der Waals surface area contributed by atoms with Gasteiger partial charge in [-0.15, -0.1) is 0 Å². The van der Waals surface area contributed by atoms with Gasteiger partial charge in [0.25, 0.3) is 0 Å². The molecule has 2 aromatic rings. The normalized spacial score (nSPS) is 16.0. The molecule has 7 nitrogen and oxygen atoms in total. The van der Waals surface area contributed by atoms with E-state index >= 15 is 0 Å². The molecule has 26 heavy (non-hydrogen) atoms. The molecule has 8 heteroatoms. The first-order valence-electron chi connectivity index (χ1n) is 7.91. The molecule has 0 amide bonds. The van der Waals surface area contributed by atoms with Gasteiger partial charge in [0.2, 0.25) is 15.8 Å². The van der Waals surface area contributed by atoms with Crippen LogP contribution in [0.2, 0.25) is 0 Å². The maximum atomic E-state index is 12.7. The van der Waals surface area contributed by atoms with Crippen LogP contribution in [0.4, 0.5) is 5.69 Å². The van der Waals surface area contributed by atoms with Crippen molar-refractivity contribution in [1.82, 2.24) is 0 Å². The molecule has 0 aromatic heterocycles. The fourth-order valence-electron chi connectivity index (χ4n) is 2.92. The third-order valence-corrected chi connectivity index (χ3v) is 5.01. The van der Waals surface area contributed by atoms with Crippen molar-refractivity contribution in [1.29, 1.82) is 0 Å². The molecule has 1 aliphatic carbocycles. The number of rotatable bonds is 4. The second-order valence-electron chi connectivity index (χ2n) is 5.92. The summed E-state index contributed by atoms with van der Waals surface area (Å²) in [5.74, 6) is -0.976. The number of aliphatic imine (C=N–C) groups is 1. The third-order valence-electron chi connectivity index (χ3n) is 4.05. The second kappa shape index (κ2) is 6.91. The maximum Gasteiger partial charge on any atom is 0.238 e. The minimum absolute atomic E-state index is 0.00429. The zero-order chi connectivity index (χ0) is 18.9. The van der Waals surface area contributed by atoms with Gasteiger partial charge < -0.3 is 5.73 Å². The summed E-state index contributed by atoms with van der Waals surface area (Å²) in [5, 5.41) is 5.16. The molecule has 0 bridgehead atoms. The summed E-state index contributed by atoms with van der Waals surface area (Å²) < 4.78 is 23.4. The molecule has 4 N–H and O–H groups in total. The summed E-state index contributed by atoms with van der Waals surface area (Å²) in [6.45, 7) is 0.487. The van der Waals surface area contributed by atoms with Gasteiger partial charge in [-0.3, -0.25) is 9.59 Å². The Kier molecular flexibility index (Phi) is 4.82. The Morgan fingerprint density at radius 1 is 1.08 bits per heavy atom. The molecule has 0 radical (unpaired) electrons. The molecule has 1 aliphatic rings. The van der Waals surface area contributed by atoms with E-state index in [0.717, 1.165) is 5.56 Å². The Labute approximate surface area is 150 Å². The Bertz CT molecular complexity index is 1040. The molecule has 0 spiro atoms. The van der Waals surface area contributed by atoms with E-state index in [1.165, 1.54) is 18.2 Å². The highest BCUT2D eigenvalue weighted by atomic mass is 32.2. The van der Waals surface area contributed by atoms with Gasteiger partial charge in [-0.1, -0.05) is 24.3 Å². The molecule has 0 saturated heterocycles. The molecule has 2 aromatic carbocycles. The highest BCUT2D eigenvalue weighted by Crippen LogP contribution is 2.27. The zero-order valence-electron chi connectivity index (χ0n) is 13.8. The maximum absolute atomic E-state index is 12.7. The number of carbonyl (C=O) groups excluding carboxylic acids is 2. The largest absolute Gasteiger partial charge is 0.330 e. The van der Waals surface area contributed by atoms with Crippen LogP contribution in [-0.4, -0.2) is 32.2 Å². The Morgan fingerprint density at radius 3 is 2.50 bits per heavy atom. The second-order valence-corrected chi connectivity index (χ2v) is 7.45. The number of benzene rings is 2. The third kappa shape index (κ3) is 3.48. The van der Waals surface area contributed by atoms with Crippen molar-refractivity contribution >= 4 is 33.0 Å². The van der Waals surface area contributed by atoms with Gasteiger partial charge in [0.05, 0.1) is 22.7 Å². The van der Waals surface area contributed by atoms with Crippen molar-refractivity contribution in [3.63, 3.8) is 0 Å². The van der Waals surface area contributed by atoms with Crippen LogP contribution in [0.25, 0.3) is 0 Å². The van der Waals surface area contributed by atoms with Crippen molar-refractivity contribution in [2.75, 3.05) is 6.54 Å². The topological polar surface area (TPSA) is 133 Å².